The fraction of sp³-hybridized carbons (Fsp3) is 0.529. The highest BCUT2D eigenvalue weighted by Gasteiger charge is 2.43. The molecule has 3 aliphatic rings. The Balaban J connectivity index is 0.000000533. The molecule has 2 saturated heterocycles. The monoisotopic (exact) mass is 642 g/mol. The summed E-state index contributed by atoms with van der Waals surface area (Å²) in [6.45, 7) is 7.67. The van der Waals surface area contributed by atoms with Crippen molar-refractivity contribution in [3.05, 3.63) is 65.9 Å². The molecule has 5 rings (SSSR count). The van der Waals surface area contributed by atoms with Crippen molar-refractivity contribution in [3.63, 3.8) is 0 Å². The number of aromatic nitrogens is 1. The summed E-state index contributed by atoms with van der Waals surface area (Å²) < 4.78 is 32.3. The maximum absolute atomic E-state index is 13.9. The summed E-state index contributed by atoms with van der Waals surface area (Å²) in [5, 5.41) is 15.6. The zero-order valence-corrected chi connectivity index (χ0v) is 26.5. The second-order valence-corrected chi connectivity index (χ2v) is 12.5. The first kappa shape index (κ1) is 34.8. The average molecular weight is 643 g/mol. The van der Waals surface area contributed by atoms with Crippen LogP contribution in [-0.4, -0.2) is 95.8 Å². The Morgan fingerprint density at radius 1 is 0.978 bits per heavy atom. The number of methoxy groups -OCH3 is 1. The second kappa shape index (κ2) is 16.5. The molecule has 2 aromatic rings. The van der Waals surface area contributed by atoms with Gasteiger partial charge in [-0.3, -0.25) is 4.79 Å². The molecule has 250 valence electrons. The summed E-state index contributed by atoms with van der Waals surface area (Å²) in [6, 6.07) is 8.04. The van der Waals surface area contributed by atoms with Gasteiger partial charge in [0.25, 0.3) is 0 Å². The van der Waals surface area contributed by atoms with Crippen LogP contribution in [0, 0.1) is 35.3 Å². The molecule has 1 amide bonds. The number of benzene rings is 1. The summed E-state index contributed by atoms with van der Waals surface area (Å²) in [4.78, 5) is 43.9. The van der Waals surface area contributed by atoms with Crippen molar-refractivity contribution in [2.45, 2.75) is 39.0 Å². The van der Waals surface area contributed by atoms with Crippen LogP contribution in [-0.2, 0) is 20.8 Å². The maximum Gasteiger partial charge on any atom is 0.328 e. The lowest BCUT2D eigenvalue weighted by atomic mass is 9.69. The highest BCUT2D eigenvalue weighted by atomic mass is 19.2. The summed E-state index contributed by atoms with van der Waals surface area (Å²) in [7, 11) is 1.63. The molecule has 0 spiro atoms. The van der Waals surface area contributed by atoms with Crippen LogP contribution in [0.25, 0.3) is 0 Å². The molecule has 1 saturated carbocycles. The number of piperidine rings is 1. The standard InChI is InChI=1S/C30H40F2N4O2.C4H4O4/c1-21(15-22-7-10-29(38-2)33-17-22)18-34-19-23-5-3-4-6-25(23)26(20-34)30(37)36-13-11-35(12-14-36)24-8-9-27(31)28(32)16-24;5-3(6)1-2-4(7)8/h7-10,16-17,21,23,25-26H,3-6,11-15,18-20H2,1-2H3;1-2H,(H,5,6)(H,7,8)/b;2-1+/t21-,23-,25-,26+;/m0./s1. The molecule has 1 aromatic carbocycles. The van der Waals surface area contributed by atoms with Gasteiger partial charge in [0.1, 0.15) is 0 Å². The summed E-state index contributed by atoms with van der Waals surface area (Å²) in [5.41, 5.74) is 1.88. The minimum atomic E-state index is -1.26. The molecule has 0 unspecified atom stereocenters. The van der Waals surface area contributed by atoms with Crippen molar-refractivity contribution in [1.82, 2.24) is 14.8 Å². The van der Waals surface area contributed by atoms with E-state index in [-0.39, 0.29) is 11.8 Å². The highest BCUT2D eigenvalue weighted by molar-refractivity contribution is 5.89. The first-order chi connectivity index (χ1) is 22.0. The fourth-order valence-electron chi connectivity index (χ4n) is 7.03. The van der Waals surface area contributed by atoms with E-state index in [1.54, 1.807) is 13.2 Å². The van der Waals surface area contributed by atoms with E-state index in [0.29, 0.717) is 67.7 Å². The highest BCUT2D eigenvalue weighted by Crippen LogP contribution is 2.40. The lowest BCUT2D eigenvalue weighted by Gasteiger charge is -2.48. The minimum absolute atomic E-state index is 0.0405. The van der Waals surface area contributed by atoms with E-state index in [1.807, 2.05) is 22.1 Å². The van der Waals surface area contributed by atoms with Crippen LogP contribution in [0.2, 0.25) is 0 Å². The van der Waals surface area contributed by atoms with Gasteiger partial charge in [0.2, 0.25) is 11.8 Å². The first-order valence-corrected chi connectivity index (χ1v) is 15.9. The Morgan fingerprint density at radius 3 is 2.28 bits per heavy atom. The van der Waals surface area contributed by atoms with Gasteiger partial charge in [0, 0.05) is 82.0 Å². The number of rotatable bonds is 9. The molecule has 0 bridgehead atoms. The molecule has 3 fully saturated rings. The van der Waals surface area contributed by atoms with Gasteiger partial charge < -0.3 is 29.6 Å². The number of fused-ring (bicyclic) bond motifs is 1. The summed E-state index contributed by atoms with van der Waals surface area (Å²) in [5.74, 6) is -1.70. The Kier molecular flexibility index (Phi) is 12.5. The molecule has 1 aliphatic carbocycles. The number of pyridine rings is 1. The van der Waals surface area contributed by atoms with E-state index < -0.39 is 23.6 Å². The number of carboxylic acid groups (broad SMARTS) is 2. The van der Waals surface area contributed by atoms with Crippen molar-refractivity contribution in [2.24, 2.45) is 23.7 Å². The summed E-state index contributed by atoms with van der Waals surface area (Å²) in [6.07, 6.45) is 8.81. The molecule has 2 N–H and O–H groups in total. The van der Waals surface area contributed by atoms with Crippen LogP contribution < -0.4 is 9.64 Å². The minimum Gasteiger partial charge on any atom is -0.481 e. The number of carboxylic acids is 2. The Hall–Kier alpha value is -4.06. The smallest absolute Gasteiger partial charge is 0.328 e. The molecule has 12 heteroatoms. The lowest BCUT2D eigenvalue weighted by molar-refractivity contribution is -0.142. The first-order valence-electron chi connectivity index (χ1n) is 15.9. The zero-order chi connectivity index (χ0) is 33.2. The topological polar surface area (TPSA) is 124 Å². The number of carbonyl (C=O) groups excluding carboxylic acids is 1. The molecule has 0 radical (unpaired) electrons. The third kappa shape index (κ3) is 9.72. The second-order valence-electron chi connectivity index (χ2n) is 12.5. The van der Waals surface area contributed by atoms with E-state index >= 15 is 0 Å². The van der Waals surface area contributed by atoms with Crippen LogP contribution in [0.4, 0.5) is 14.5 Å². The third-order valence-electron chi connectivity index (χ3n) is 9.14. The average Bonchev–Trinajstić information content (AvgIpc) is 3.05. The van der Waals surface area contributed by atoms with Gasteiger partial charge in [-0.05, 0) is 54.7 Å². The van der Waals surface area contributed by atoms with Crippen LogP contribution in [0.3, 0.4) is 0 Å². The van der Waals surface area contributed by atoms with Gasteiger partial charge in [-0.1, -0.05) is 25.8 Å². The van der Waals surface area contributed by atoms with Crippen LogP contribution in [0.15, 0.2) is 48.7 Å². The van der Waals surface area contributed by atoms with Gasteiger partial charge >= 0.3 is 11.9 Å². The summed E-state index contributed by atoms with van der Waals surface area (Å²) >= 11 is 0. The molecule has 3 heterocycles. The quantitative estimate of drug-likeness (QED) is 0.385. The maximum atomic E-state index is 13.9. The van der Waals surface area contributed by atoms with E-state index in [1.165, 1.54) is 37.0 Å². The predicted molar refractivity (Wildman–Crippen MR) is 169 cm³/mol. The number of likely N-dealkylation sites (tertiary alicyclic amines) is 1. The van der Waals surface area contributed by atoms with E-state index in [4.69, 9.17) is 14.9 Å². The lowest BCUT2D eigenvalue weighted by Crippen LogP contribution is -2.57. The molecule has 1 aromatic heterocycles. The number of piperazine rings is 1. The normalized spacial score (nSPS) is 22.4. The van der Waals surface area contributed by atoms with E-state index in [9.17, 15) is 23.2 Å². The van der Waals surface area contributed by atoms with E-state index in [2.05, 4.69) is 22.9 Å². The van der Waals surface area contributed by atoms with Crippen LogP contribution in [0.1, 0.15) is 38.2 Å². The number of halogens is 2. The number of amides is 1. The number of carbonyl (C=O) groups is 3. The number of hydrogen-bond donors (Lipinski definition) is 2. The van der Waals surface area contributed by atoms with Crippen LogP contribution in [0.5, 0.6) is 5.88 Å². The molecule has 2 aliphatic heterocycles. The fourth-order valence-corrected chi connectivity index (χ4v) is 7.03. The molecular weight excluding hydrogens is 598 g/mol. The van der Waals surface area contributed by atoms with Crippen molar-refractivity contribution >= 4 is 23.5 Å². The van der Waals surface area contributed by atoms with Gasteiger partial charge in [-0.15, -0.1) is 0 Å². The third-order valence-corrected chi connectivity index (χ3v) is 9.14. The predicted octanol–water partition coefficient (Wildman–Crippen LogP) is 4.35. The van der Waals surface area contributed by atoms with Gasteiger partial charge in [0.15, 0.2) is 11.6 Å². The Morgan fingerprint density at radius 2 is 1.67 bits per heavy atom. The van der Waals surface area contributed by atoms with Gasteiger partial charge in [-0.25, -0.2) is 23.4 Å². The van der Waals surface area contributed by atoms with Crippen molar-refractivity contribution in [3.8, 4) is 5.88 Å². The molecular formula is C34H44F2N4O6. The van der Waals surface area contributed by atoms with Gasteiger partial charge in [0.05, 0.1) is 13.0 Å². The van der Waals surface area contributed by atoms with E-state index in [0.717, 1.165) is 32.5 Å². The number of hydrogen-bond acceptors (Lipinski definition) is 7. The molecule has 10 nitrogen and oxygen atoms in total. The number of anilines is 1. The number of aliphatic carboxylic acids is 2. The van der Waals surface area contributed by atoms with Crippen molar-refractivity contribution in [1.29, 1.82) is 0 Å². The molecule has 46 heavy (non-hydrogen) atoms. The largest absolute Gasteiger partial charge is 0.481 e. The number of ether oxygens (including phenoxy) is 1. The Labute approximate surface area is 268 Å². The molecule has 4 atom stereocenters. The van der Waals surface area contributed by atoms with Gasteiger partial charge in [-0.2, -0.15) is 0 Å². The van der Waals surface area contributed by atoms with Crippen molar-refractivity contribution in [2.75, 3.05) is 57.8 Å². The van der Waals surface area contributed by atoms with Crippen molar-refractivity contribution < 1.29 is 38.1 Å². The zero-order valence-electron chi connectivity index (χ0n) is 26.5. The SMILES string of the molecule is COc1ccc(C[C@H](C)CN2C[C@@H]3CCCC[C@@H]3[C@H](C(=O)N3CCN(c4ccc(F)c(F)c4)CC3)C2)cn1.O=C(O)/C=C/C(=O)O. The Bertz CT molecular complexity index is 1350. The van der Waals surface area contributed by atoms with Crippen LogP contribution >= 0.6 is 0 Å². The number of nitrogens with zero attached hydrogens (tertiary/aromatic N) is 4.